The highest BCUT2D eigenvalue weighted by molar-refractivity contribution is 7.10. The number of hydrogen-bond donors (Lipinski definition) is 0. The van der Waals surface area contributed by atoms with Gasteiger partial charge in [0.05, 0.1) is 0 Å². The molecule has 3 rings (SSSR count). The van der Waals surface area contributed by atoms with E-state index in [-0.39, 0.29) is 19.1 Å². The average molecular weight is 373 g/mol. The Labute approximate surface area is 157 Å². The highest BCUT2D eigenvalue weighted by atomic mass is 32.1. The number of esters is 1. The molecular formula is C20H23NO4S. The molecule has 0 radical (unpaired) electrons. The van der Waals surface area contributed by atoms with Crippen LogP contribution in [-0.2, 0) is 27.3 Å². The molecular weight excluding hydrogens is 350 g/mol. The number of rotatable bonds is 6. The minimum Gasteiger partial charge on any atom is -0.482 e. The summed E-state index contributed by atoms with van der Waals surface area (Å²) in [5.74, 6) is 0.342. The summed E-state index contributed by atoms with van der Waals surface area (Å²) in [7, 11) is 0. The molecule has 2 aromatic rings. The fourth-order valence-electron chi connectivity index (χ4n) is 2.83. The molecule has 6 heteroatoms. The van der Waals surface area contributed by atoms with Crippen LogP contribution >= 0.6 is 11.3 Å². The number of amides is 1. The van der Waals surface area contributed by atoms with Crippen LogP contribution in [0.15, 0.2) is 35.7 Å². The lowest BCUT2D eigenvalue weighted by atomic mass is 10.0. The maximum atomic E-state index is 12.2. The lowest BCUT2D eigenvalue weighted by Crippen LogP contribution is -2.38. The first-order valence-corrected chi connectivity index (χ1v) is 9.62. The summed E-state index contributed by atoms with van der Waals surface area (Å²) in [5.41, 5.74) is 2.40. The van der Waals surface area contributed by atoms with Crippen molar-refractivity contribution in [3.63, 3.8) is 0 Å². The van der Waals surface area contributed by atoms with Crippen molar-refractivity contribution in [2.75, 3.05) is 19.8 Å². The molecule has 26 heavy (non-hydrogen) atoms. The summed E-state index contributed by atoms with van der Waals surface area (Å²) in [4.78, 5) is 27.1. The Balaban J connectivity index is 1.40. The van der Waals surface area contributed by atoms with Gasteiger partial charge in [-0.15, -0.1) is 11.3 Å². The molecule has 0 unspecified atom stereocenters. The standard InChI is InChI=1S/C20H23NO4S/c1-14(2)15-3-5-17(6-4-15)24-13-20(23)25-12-19(22)21-9-7-18-16(11-21)8-10-26-18/h3-6,8,10,14H,7,9,11-13H2,1-2H3. The average Bonchev–Trinajstić information content (AvgIpc) is 3.12. The van der Waals surface area contributed by atoms with E-state index >= 15 is 0 Å². The van der Waals surface area contributed by atoms with Gasteiger partial charge in [0.2, 0.25) is 0 Å². The minimum absolute atomic E-state index is 0.170. The van der Waals surface area contributed by atoms with Gasteiger partial charge in [-0.2, -0.15) is 0 Å². The molecule has 1 aliphatic rings. The van der Waals surface area contributed by atoms with Gasteiger partial charge in [-0.3, -0.25) is 4.79 Å². The zero-order valence-corrected chi connectivity index (χ0v) is 15.9. The van der Waals surface area contributed by atoms with Crippen molar-refractivity contribution < 1.29 is 19.1 Å². The Kier molecular flexibility index (Phi) is 5.93. The number of fused-ring (bicyclic) bond motifs is 1. The van der Waals surface area contributed by atoms with Crippen LogP contribution in [0.1, 0.15) is 35.8 Å². The van der Waals surface area contributed by atoms with E-state index in [0.29, 0.717) is 24.8 Å². The van der Waals surface area contributed by atoms with E-state index in [1.807, 2.05) is 35.7 Å². The summed E-state index contributed by atoms with van der Waals surface area (Å²) in [6.07, 6.45) is 0.863. The molecule has 0 atom stereocenters. The van der Waals surface area contributed by atoms with Crippen molar-refractivity contribution in [3.8, 4) is 5.75 Å². The normalized spacial score (nSPS) is 13.4. The first-order chi connectivity index (χ1) is 12.5. The monoisotopic (exact) mass is 373 g/mol. The van der Waals surface area contributed by atoms with E-state index in [1.165, 1.54) is 16.0 Å². The molecule has 0 spiro atoms. The van der Waals surface area contributed by atoms with E-state index in [4.69, 9.17) is 9.47 Å². The zero-order valence-electron chi connectivity index (χ0n) is 15.1. The third-order valence-electron chi connectivity index (χ3n) is 4.42. The Bertz CT molecular complexity index is 766. The largest absolute Gasteiger partial charge is 0.482 e. The van der Waals surface area contributed by atoms with Gasteiger partial charge >= 0.3 is 5.97 Å². The molecule has 0 aliphatic carbocycles. The minimum atomic E-state index is -0.542. The van der Waals surface area contributed by atoms with Crippen LogP contribution < -0.4 is 4.74 Å². The molecule has 1 aromatic carbocycles. The van der Waals surface area contributed by atoms with E-state index in [2.05, 4.69) is 13.8 Å². The summed E-state index contributed by atoms with van der Waals surface area (Å²) in [6.45, 7) is 5.05. The Morgan fingerprint density at radius 2 is 1.92 bits per heavy atom. The van der Waals surface area contributed by atoms with Crippen molar-refractivity contribution in [2.24, 2.45) is 0 Å². The first-order valence-electron chi connectivity index (χ1n) is 8.74. The van der Waals surface area contributed by atoms with E-state index in [9.17, 15) is 9.59 Å². The van der Waals surface area contributed by atoms with Crippen LogP contribution in [0, 0.1) is 0 Å². The summed E-state index contributed by atoms with van der Waals surface area (Å²) in [6, 6.07) is 9.66. The second kappa shape index (κ2) is 8.36. The SMILES string of the molecule is CC(C)c1ccc(OCC(=O)OCC(=O)N2CCc3sccc3C2)cc1. The number of thiophene rings is 1. The van der Waals surface area contributed by atoms with E-state index in [1.54, 1.807) is 16.2 Å². The Morgan fingerprint density at radius 3 is 2.65 bits per heavy atom. The maximum absolute atomic E-state index is 12.2. The van der Waals surface area contributed by atoms with E-state index < -0.39 is 5.97 Å². The lowest BCUT2D eigenvalue weighted by Gasteiger charge is -2.26. The molecule has 2 heterocycles. The van der Waals surface area contributed by atoms with Gasteiger partial charge in [-0.1, -0.05) is 26.0 Å². The Morgan fingerprint density at radius 1 is 1.15 bits per heavy atom. The predicted octanol–water partition coefficient (Wildman–Crippen LogP) is 3.38. The van der Waals surface area contributed by atoms with Gasteiger partial charge in [0.15, 0.2) is 13.2 Å². The van der Waals surface area contributed by atoms with Gasteiger partial charge in [0.1, 0.15) is 5.75 Å². The smallest absolute Gasteiger partial charge is 0.344 e. The van der Waals surface area contributed by atoms with Crippen molar-refractivity contribution >= 4 is 23.2 Å². The number of carbonyl (C=O) groups is 2. The first kappa shape index (κ1) is 18.5. The highest BCUT2D eigenvalue weighted by Gasteiger charge is 2.22. The molecule has 0 N–H and O–H groups in total. The van der Waals surface area contributed by atoms with Gasteiger partial charge in [0.25, 0.3) is 5.91 Å². The molecule has 1 aromatic heterocycles. The molecule has 1 amide bonds. The second-order valence-corrected chi connectivity index (χ2v) is 7.61. The zero-order chi connectivity index (χ0) is 18.5. The van der Waals surface area contributed by atoms with Gasteiger partial charge in [-0.05, 0) is 47.0 Å². The van der Waals surface area contributed by atoms with Crippen molar-refractivity contribution in [2.45, 2.75) is 32.7 Å². The van der Waals surface area contributed by atoms with Crippen LogP contribution in [0.4, 0.5) is 0 Å². The summed E-state index contributed by atoms with van der Waals surface area (Å²) >= 11 is 1.72. The second-order valence-electron chi connectivity index (χ2n) is 6.61. The van der Waals surface area contributed by atoms with Crippen molar-refractivity contribution in [1.82, 2.24) is 4.90 Å². The topological polar surface area (TPSA) is 55.8 Å². The van der Waals surface area contributed by atoms with Crippen molar-refractivity contribution in [1.29, 1.82) is 0 Å². The van der Waals surface area contributed by atoms with Gasteiger partial charge < -0.3 is 14.4 Å². The van der Waals surface area contributed by atoms with Crippen LogP contribution in [0.3, 0.4) is 0 Å². The fourth-order valence-corrected chi connectivity index (χ4v) is 3.72. The molecule has 0 fully saturated rings. The van der Waals surface area contributed by atoms with Crippen LogP contribution in [0.25, 0.3) is 0 Å². The third kappa shape index (κ3) is 4.64. The molecule has 1 aliphatic heterocycles. The highest BCUT2D eigenvalue weighted by Crippen LogP contribution is 2.24. The molecule has 138 valence electrons. The number of nitrogens with zero attached hydrogens (tertiary/aromatic N) is 1. The van der Waals surface area contributed by atoms with Crippen LogP contribution in [-0.4, -0.2) is 36.5 Å². The van der Waals surface area contributed by atoms with Gasteiger partial charge in [-0.25, -0.2) is 4.79 Å². The van der Waals surface area contributed by atoms with E-state index in [0.717, 1.165) is 6.42 Å². The molecule has 0 saturated heterocycles. The molecule has 0 bridgehead atoms. The maximum Gasteiger partial charge on any atom is 0.344 e. The number of carbonyl (C=O) groups excluding carboxylic acids is 2. The number of benzene rings is 1. The molecule has 5 nitrogen and oxygen atoms in total. The van der Waals surface area contributed by atoms with Crippen molar-refractivity contribution in [3.05, 3.63) is 51.7 Å². The third-order valence-corrected chi connectivity index (χ3v) is 5.44. The predicted molar refractivity (Wildman–Crippen MR) is 100 cm³/mol. The van der Waals surface area contributed by atoms with Crippen LogP contribution in [0.5, 0.6) is 5.75 Å². The quantitative estimate of drug-likeness (QED) is 0.729. The summed E-state index contributed by atoms with van der Waals surface area (Å²) in [5, 5.41) is 2.05. The fraction of sp³-hybridized carbons (Fsp3) is 0.400. The summed E-state index contributed by atoms with van der Waals surface area (Å²) < 4.78 is 10.5. The van der Waals surface area contributed by atoms with Crippen LogP contribution in [0.2, 0.25) is 0 Å². The lowest BCUT2D eigenvalue weighted by molar-refractivity contribution is -0.154. The van der Waals surface area contributed by atoms with Gasteiger partial charge in [0, 0.05) is 18.0 Å². The number of ether oxygens (including phenoxy) is 2. The number of hydrogen-bond acceptors (Lipinski definition) is 5. The molecule has 0 saturated carbocycles. The Hall–Kier alpha value is -2.34.